The topological polar surface area (TPSA) is 37.3 Å². The zero-order valence-corrected chi connectivity index (χ0v) is 12.5. The van der Waals surface area contributed by atoms with Gasteiger partial charge in [0.25, 0.3) is 0 Å². The van der Waals surface area contributed by atoms with Crippen molar-refractivity contribution in [2.24, 2.45) is 0 Å². The minimum absolute atomic E-state index is 0.0636. The Hall–Kier alpha value is -0.0731. The van der Waals surface area contributed by atoms with Gasteiger partial charge in [0.05, 0.1) is 17.2 Å². The van der Waals surface area contributed by atoms with Crippen LogP contribution in [0, 0.1) is 3.57 Å². The smallest absolute Gasteiger partial charge is 0.153 e. The predicted octanol–water partition coefficient (Wildman–Crippen LogP) is 2.50. The van der Waals surface area contributed by atoms with Crippen LogP contribution in [0.4, 0.5) is 0 Å². The van der Waals surface area contributed by atoms with E-state index in [0.717, 1.165) is 5.19 Å². The molecule has 1 N–H and O–H groups in total. The van der Waals surface area contributed by atoms with Crippen LogP contribution in [-0.2, 0) is 0 Å². The van der Waals surface area contributed by atoms with E-state index in [1.807, 2.05) is 28.7 Å². The number of carbonyl (C=O) groups is 1. The first-order valence-electron chi connectivity index (χ1n) is 4.46. The maximum atomic E-state index is 10.8. The molecule has 0 bridgehead atoms. The van der Waals surface area contributed by atoms with Crippen LogP contribution in [0.1, 0.15) is 10.4 Å². The molecule has 0 aromatic heterocycles. The summed E-state index contributed by atoms with van der Waals surface area (Å²) in [4.78, 5) is 10.8. The first kappa shape index (κ1) is 13.0. The second kappa shape index (κ2) is 4.84. The molecule has 0 amide bonds. The van der Waals surface area contributed by atoms with Crippen LogP contribution in [-0.4, -0.2) is 25.0 Å². The molecule has 0 atom stereocenters. The van der Waals surface area contributed by atoms with Gasteiger partial charge in [0.15, 0.2) is 6.29 Å². The Kier molecular flexibility index (Phi) is 4.19. The van der Waals surface area contributed by atoms with Crippen LogP contribution in [0.15, 0.2) is 12.1 Å². The van der Waals surface area contributed by atoms with Crippen molar-refractivity contribution in [3.05, 3.63) is 21.3 Å². The summed E-state index contributed by atoms with van der Waals surface area (Å²) in [5, 5.41) is 10.7. The number of aromatic hydroxyl groups is 1. The van der Waals surface area contributed by atoms with Crippen molar-refractivity contribution in [1.29, 1.82) is 0 Å². The second-order valence-corrected chi connectivity index (χ2v) is 10.6. The number of aldehydes is 1. The van der Waals surface area contributed by atoms with E-state index in [1.54, 1.807) is 6.07 Å². The number of rotatable bonds is 3. The Balaban J connectivity index is 3.34. The second-order valence-electron chi connectivity index (χ2n) is 4.03. The first-order chi connectivity index (χ1) is 6.92. The standard InChI is InChI=1S/C10H12ClIO2Si/c1-15(2,6-11)8-3-7(5-13)10(14)9(12)4-8/h3-5,14H,6H2,1-2H3. The molecule has 0 aliphatic heterocycles. The van der Waals surface area contributed by atoms with Crippen LogP contribution in [0.3, 0.4) is 0 Å². The SMILES string of the molecule is C[Si](C)(CCl)c1cc(I)c(O)c(C=O)c1. The van der Waals surface area contributed by atoms with Gasteiger partial charge in [-0.25, -0.2) is 0 Å². The minimum atomic E-state index is -1.66. The van der Waals surface area contributed by atoms with Crippen molar-refractivity contribution in [2.75, 3.05) is 5.50 Å². The molecule has 2 nitrogen and oxygen atoms in total. The highest BCUT2D eigenvalue weighted by Crippen LogP contribution is 2.23. The lowest BCUT2D eigenvalue weighted by Gasteiger charge is -2.20. The normalized spacial score (nSPS) is 11.5. The average molecular weight is 355 g/mol. The third kappa shape index (κ3) is 2.73. The van der Waals surface area contributed by atoms with Crippen molar-refractivity contribution >= 4 is 53.7 Å². The fourth-order valence-corrected chi connectivity index (χ4v) is 3.82. The Morgan fingerprint density at radius 3 is 2.60 bits per heavy atom. The summed E-state index contributed by atoms with van der Waals surface area (Å²) in [6, 6.07) is 3.66. The number of phenolic OH excluding ortho intramolecular Hbond substituents is 1. The van der Waals surface area contributed by atoms with Gasteiger partial charge in [-0.1, -0.05) is 18.3 Å². The van der Waals surface area contributed by atoms with E-state index in [0.29, 0.717) is 20.9 Å². The highest BCUT2D eigenvalue weighted by Gasteiger charge is 2.24. The van der Waals surface area contributed by atoms with E-state index in [-0.39, 0.29) is 5.75 Å². The number of hydrogen-bond donors (Lipinski definition) is 1. The largest absolute Gasteiger partial charge is 0.506 e. The van der Waals surface area contributed by atoms with Gasteiger partial charge in [0.1, 0.15) is 5.75 Å². The quantitative estimate of drug-likeness (QED) is 0.392. The van der Waals surface area contributed by atoms with E-state index in [1.165, 1.54) is 0 Å². The molecule has 0 saturated carbocycles. The Labute approximate surface area is 109 Å². The predicted molar refractivity (Wildman–Crippen MR) is 74.0 cm³/mol. The van der Waals surface area contributed by atoms with Crippen LogP contribution >= 0.6 is 34.2 Å². The lowest BCUT2D eigenvalue weighted by molar-refractivity contribution is 0.112. The van der Waals surface area contributed by atoms with Gasteiger partial charge >= 0.3 is 0 Å². The molecule has 1 aromatic rings. The summed E-state index contributed by atoms with van der Waals surface area (Å²) in [5.41, 5.74) is 0.953. The molecule has 15 heavy (non-hydrogen) atoms. The number of benzene rings is 1. The third-order valence-corrected chi connectivity index (χ3v) is 7.68. The highest BCUT2D eigenvalue weighted by molar-refractivity contribution is 14.1. The van der Waals surface area contributed by atoms with Crippen LogP contribution in [0.2, 0.25) is 13.1 Å². The molecule has 82 valence electrons. The number of carbonyl (C=O) groups excluding carboxylic acids is 1. The number of phenols is 1. The monoisotopic (exact) mass is 354 g/mol. The molecule has 0 spiro atoms. The van der Waals surface area contributed by atoms with Gasteiger partial charge in [-0.3, -0.25) is 4.79 Å². The zero-order chi connectivity index (χ0) is 11.6. The summed E-state index contributed by atoms with van der Waals surface area (Å²) in [6.45, 7) is 4.27. The summed E-state index contributed by atoms with van der Waals surface area (Å²) >= 11 is 7.95. The van der Waals surface area contributed by atoms with Gasteiger partial charge in [-0.05, 0) is 34.7 Å². The molecule has 0 saturated heterocycles. The fraction of sp³-hybridized carbons (Fsp3) is 0.300. The van der Waals surface area contributed by atoms with E-state index in [2.05, 4.69) is 13.1 Å². The number of alkyl halides is 1. The Morgan fingerprint density at radius 1 is 1.53 bits per heavy atom. The number of halogens is 2. The summed E-state index contributed by atoms with van der Waals surface area (Å²) in [5.74, 6) is 0.0636. The first-order valence-corrected chi connectivity index (χ1v) is 9.28. The molecule has 5 heteroatoms. The van der Waals surface area contributed by atoms with E-state index < -0.39 is 8.07 Å². The molecule has 0 radical (unpaired) electrons. The molecule has 0 unspecified atom stereocenters. The van der Waals surface area contributed by atoms with Crippen LogP contribution in [0.25, 0.3) is 0 Å². The maximum absolute atomic E-state index is 10.8. The lowest BCUT2D eigenvalue weighted by Crippen LogP contribution is -2.44. The van der Waals surface area contributed by atoms with Gasteiger partial charge in [-0.2, -0.15) is 0 Å². The molecular weight excluding hydrogens is 343 g/mol. The number of hydrogen-bond acceptors (Lipinski definition) is 2. The van der Waals surface area contributed by atoms with Crippen LogP contribution in [0.5, 0.6) is 5.75 Å². The van der Waals surface area contributed by atoms with Crippen molar-refractivity contribution < 1.29 is 9.90 Å². The molecule has 0 heterocycles. The van der Waals surface area contributed by atoms with Crippen molar-refractivity contribution in [2.45, 2.75) is 13.1 Å². The van der Waals surface area contributed by atoms with Gasteiger partial charge in [0.2, 0.25) is 0 Å². The average Bonchev–Trinajstić information content (AvgIpc) is 2.21. The summed E-state index contributed by atoms with van der Waals surface area (Å²) in [7, 11) is -1.66. The Bertz CT molecular complexity index is 393. The Morgan fingerprint density at radius 2 is 2.13 bits per heavy atom. The fourth-order valence-electron chi connectivity index (χ4n) is 1.18. The maximum Gasteiger partial charge on any atom is 0.153 e. The van der Waals surface area contributed by atoms with Crippen molar-refractivity contribution in [3.8, 4) is 5.75 Å². The van der Waals surface area contributed by atoms with Gasteiger partial charge < -0.3 is 5.11 Å². The molecule has 1 aromatic carbocycles. The molecule has 1 rings (SSSR count). The van der Waals surface area contributed by atoms with E-state index in [4.69, 9.17) is 11.6 Å². The zero-order valence-electron chi connectivity index (χ0n) is 8.55. The highest BCUT2D eigenvalue weighted by atomic mass is 127. The minimum Gasteiger partial charge on any atom is -0.506 e. The van der Waals surface area contributed by atoms with Gasteiger partial charge in [0, 0.05) is 5.50 Å². The molecular formula is C10H12ClIO2Si. The van der Waals surface area contributed by atoms with Crippen molar-refractivity contribution in [1.82, 2.24) is 0 Å². The lowest BCUT2D eigenvalue weighted by atomic mass is 10.2. The molecule has 0 aliphatic rings. The van der Waals surface area contributed by atoms with E-state index >= 15 is 0 Å². The third-order valence-electron chi connectivity index (χ3n) is 2.34. The van der Waals surface area contributed by atoms with Crippen LogP contribution < -0.4 is 5.19 Å². The van der Waals surface area contributed by atoms with Gasteiger partial charge in [-0.15, -0.1) is 11.6 Å². The molecule has 0 aliphatic carbocycles. The van der Waals surface area contributed by atoms with Crippen molar-refractivity contribution in [3.63, 3.8) is 0 Å². The summed E-state index contributed by atoms with van der Waals surface area (Å²) < 4.78 is 0.706. The molecule has 0 fully saturated rings. The van der Waals surface area contributed by atoms with E-state index in [9.17, 15) is 9.90 Å². The summed E-state index contributed by atoms with van der Waals surface area (Å²) in [6.07, 6.45) is 0.680.